The van der Waals surface area contributed by atoms with E-state index in [2.05, 4.69) is 43.4 Å². The summed E-state index contributed by atoms with van der Waals surface area (Å²) in [6.07, 6.45) is 2.57. The van der Waals surface area contributed by atoms with Crippen molar-refractivity contribution >= 4 is 0 Å². The van der Waals surface area contributed by atoms with E-state index in [4.69, 9.17) is 0 Å². The van der Waals surface area contributed by atoms with Crippen molar-refractivity contribution in [3.8, 4) is 0 Å². The summed E-state index contributed by atoms with van der Waals surface area (Å²) in [7, 11) is 0. The fraction of sp³-hybridized carbons (Fsp3) is 0.600. The topological polar surface area (TPSA) is 21.1 Å². The van der Waals surface area contributed by atoms with E-state index < -0.39 is 0 Å². The summed E-state index contributed by atoms with van der Waals surface area (Å²) >= 11 is 0. The van der Waals surface area contributed by atoms with Gasteiger partial charge in [0.1, 0.15) is 13.1 Å². The van der Waals surface area contributed by atoms with Crippen molar-refractivity contribution < 1.29 is 10.2 Å². The predicted octanol–water partition coefficient (Wildman–Crippen LogP) is 0.510. The quantitative estimate of drug-likeness (QED) is 0.741. The lowest BCUT2D eigenvalue weighted by atomic mass is 9.95. The van der Waals surface area contributed by atoms with E-state index in [0.717, 1.165) is 6.54 Å². The van der Waals surface area contributed by atoms with Crippen LogP contribution in [0.5, 0.6) is 0 Å². The molecular formula is C15H26N2+2. The van der Waals surface area contributed by atoms with E-state index in [1.54, 1.807) is 16.0 Å². The molecule has 0 unspecified atom stereocenters. The molecule has 0 spiro atoms. The molecular weight excluding hydrogens is 208 g/mol. The Balaban J connectivity index is 2.20. The summed E-state index contributed by atoms with van der Waals surface area (Å²) in [6, 6.07) is 9.73. The van der Waals surface area contributed by atoms with Gasteiger partial charge in [-0.2, -0.15) is 0 Å². The average molecular weight is 234 g/mol. The zero-order chi connectivity index (χ0) is 12.1. The van der Waals surface area contributed by atoms with E-state index in [9.17, 15) is 0 Å². The van der Waals surface area contributed by atoms with Gasteiger partial charge in [0.05, 0.1) is 13.1 Å². The number of nitrogens with two attached hydrogens (primary N) is 1. The van der Waals surface area contributed by atoms with Crippen molar-refractivity contribution in [3.63, 3.8) is 0 Å². The summed E-state index contributed by atoms with van der Waals surface area (Å²) in [5.74, 6) is 0. The molecule has 1 aliphatic heterocycles. The van der Waals surface area contributed by atoms with Crippen molar-refractivity contribution in [1.82, 2.24) is 0 Å². The Kier molecular flexibility index (Phi) is 4.57. The molecule has 1 aromatic rings. The van der Waals surface area contributed by atoms with Crippen LogP contribution in [0.1, 0.15) is 43.9 Å². The third kappa shape index (κ3) is 2.88. The summed E-state index contributed by atoms with van der Waals surface area (Å²) in [4.78, 5) is 1.78. The van der Waals surface area contributed by atoms with Crippen molar-refractivity contribution in [2.75, 3.05) is 19.6 Å². The highest BCUT2D eigenvalue weighted by Crippen LogP contribution is 2.16. The Hall–Kier alpha value is -0.860. The van der Waals surface area contributed by atoms with Crippen LogP contribution in [-0.4, -0.2) is 19.6 Å². The SMILES string of the molecule is CCC[NH+](CCC)[C@@H]1C[NH2+]Cc2ccccc21. The molecule has 0 saturated heterocycles. The minimum Gasteiger partial charge on any atom is -0.337 e. The van der Waals surface area contributed by atoms with Gasteiger partial charge in [0, 0.05) is 11.1 Å². The molecule has 1 aliphatic rings. The molecule has 0 amide bonds. The Morgan fingerprint density at radius 3 is 2.59 bits per heavy atom. The lowest BCUT2D eigenvalue weighted by Gasteiger charge is -2.31. The standard InChI is InChI=1S/C15H24N2/c1-3-9-17(10-4-2)15-12-16-11-13-7-5-6-8-14(13)15/h5-8,15-16H,3-4,9-12H2,1-2H3/p+2/t15-/m1/s1. The second kappa shape index (κ2) is 6.18. The molecule has 2 nitrogen and oxygen atoms in total. The van der Waals surface area contributed by atoms with Crippen LogP contribution in [0, 0.1) is 0 Å². The molecule has 0 radical (unpaired) electrons. The smallest absolute Gasteiger partial charge is 0.163 e. The molecule has 1 aromatic carbocycles. The van der Waals surface area contributed by atoms with Gasteiger partial charge >= 0.3 is 0 Å². The molecule has 1 heterocycles. The predicted molar refractivity (Wildman–Crippen MR) is 71.0 cm³/mol. The first-order chi connectivity index (χ1) is 8.36. The monoisotopic (exact) mass is 234 g/mol. The van der Waals surface area contributed by atoms with Gasteiger partial charge in [-0.15, -0.1) is 0 Å². The molecule has 2 rings (SSSR count). The highest BCUT2D eigenvalue weighted by atomic mass is 15.2. The van der Waals surface area contributed by atoms with Crippen LogP contribution in [0.2, 0.25) is 0 Å². The molecule has 0 saturated carbocycles. The summed E-state index contributed by atoms with van der Waals surface area (Å²) in [5, 5.41) is 2.47. The molecule has 17 heavy (non-hydrogen) atoms. The summed E-state index contributed by atoms with van der Waals surface area (Å²) < 4.78 is 0. The van der Waals surface area contributed by atoms with Gasteiger partial charge in [-0.1, -0.05) is 38.1 Å². The number of hydrogen-bond donors (Lipinski definition) is 2. The molecule has 0 fully saturated rings. The maximum absolute atomic E-state index is 2.47. The maximum atomic E-state index is 2.47. The highest BCUT2D eigenvalue weighted by molar-refractivity contribution is 5.29. The molecule has 3 N–H and O–H groups in total. The van der Waals surface area contributed by atoms with Gasteiger partial charge in [-0.3, -0.25) is 0 Å². The van der Waals surface area contributed by atoms with Crippen LogP contribution in [0.3, 0.4) is 0 Å². The fourth-order valence-corrected chi connectivity index (χ4v) is 3.09. The molecule has 0 aromatic heterocycles. The van der Waals surface area contributed by atoms with Crippen molar-refractivity contribution in [2.24, 2.45) is 0 Å². The number of nitrogens with one attached hydrogen (secondary N) is 1. The van der Waals surface area contributed by atoms with Crippen molar-refractivity contribution in [2.45, 2.75) is 39.3 Å². The average Bonchev–Trinajstić information content (AvgIpc) is 2.38. The van der Waals surface area contributed by atoms with E-state index in [0.29, 0.717) is 6.04 Å². The first kappa shape index (κ1) is 12.6. The number of benzene rings is 1. The van der Waals surface area contributed by atoms with Crippen LogP contribution in [0.4, 0.5) is 0 Å². The van der Waals surface area contributed by atoms with Gasteiger partial charge < -0.3 is 10.2 Å². The Morgan fingerprint density at radius 2 is 1.88 bits per heavy atom. The van der Waals surface area contributed by atoms with Crippen molar-refractivity contribution in [1.29, 1.82) is 0 Å². The molecule has 1 atom stereocenters. The van der Waals surface area contributed by atoms with E-state index in [1.165, 1.54) is 32.5 Å². The van der Waals surface area contributed by atoms with Gasteiger partial charge in [0.2, 0.25) is 0 Å². The molecule has 0 aliphatic carbocycles. The second-order valence-corrected chi connectivity index (χ2v) is 5.14. The zero-order valence-corrected chi connectivity index (χ0v) is 11.2. The first-order valence-electron chi connectivity index (χ1n) is 7.10. The third-order valence-electron chi connectivity index (χ3n) is 3.83. The lowest BCUT2D eigenvalue weighted by molar-refractivity contribution is -0.948. The van der Waals surface area contributed by atoms with Gasteiger partial charge in [0.25, 0.3) is 0 Å². The molecule has 0 bridgehead atoms. The fourth-order valence-electron chi connectivity index (χ4n) is 3.09. The van der Waals surface area contributed by atoms with Gasteiger partial charge in [-0.05, 0) is 12.8 Å². The van der Waals surface area contributed by atoms with Gasteiger partial charge in [-0.25, -0.2) is 0 Å². The van der Waals surface area contributed by atoms with E-state index >= 15 is 0 Å². The largest absolute Gasteiger partial charge is 0.337 e. The lowest BCUT2D eigenvalue weighted by Crippen LogP contribution is -3.15. The Morgan fingerprint density at radius 1 is 1.18 bits per heavy atom. The van der Waals surface area contributed by atoms with Crippen LogP contribution in [-0.2, 0) is 6.54 Å². The van der Waals surface area contributed by atoms with E-state index in [1.807, 2.05) is 0 Å². The number of quaternary nitrogens is 2. The normalized spacial score (nSPS) is 19.4. The summed E-state index contributed by atoms with van der Waals surface area (Å²) in [5.41, 5.74) is 3.15. The van der Waals surface area contributed by atoms with Crippen LogP contribution >= 0.6 is 0 Å². The Bertz CT molecular complexity index is 343. The second-order valence-electron chi connectivity index (χ2n) is 5.14. The van der Waals surface area contributed by atoms with Gasteiger partial charge in [0.15, 0.2) is 6.04 Å². The number of fused-ring (bicyclic) bond motifs is 1. The Labute approximate surface area is 105 Å². The minimum absolute atomic E-state index is 0.708. The first-order valence-corrected chi connectivity index (χ1v) is 7.10. The van der Waals surface area contributed by atoms with Crippen molar-refractivity contribution in [3.05, 3.63) is 35.4 Å². The van der Waals surface area contributed by atoms with Crippen LogP contribution in [0.15, 0.2) is 24.3 Å². The minimum atomic E-state index is 0.708. The summed E-state index contributed by atoms with van der Waals surface area (Å²) in [6.45, 7) is 9.63. The van der Waals surface area contributed by atoms with Crippen LogP contribution < -0.4 is 10.2 Å². The van der Waals surface area contributed by atoms with E-state index in [-0.39, 0.29) is 0 Å². The number of rotatable bonds is 5. The molecule has 2 heteroatoms. The molecule has 94 valence electrons. The highest BCUT2D eigenvalue weighted by Gasteiger charge is 2.30. The number of hydrogen-bond acceptors (Lipinski definition) is 0. The van der Waals surface area contributed by atoms with Crippen LogP contribution in [0.25, 0.3) is 0 Å². The third-order valence-corrected chi connectivity index (χ3v) is 3.83. The maximum Gasteiger partial charge on any atom is 0.163 e. The zero-order valence-electron chi connectivity index (χ0n) is 11.2.